The Hall–Kier alpha value is -4.21. The second-order valence-electron chi connectivity index (χ2n) is 6.45. The van der Waals surface area contributed by atoms with Gasteiger partial charge in [-0.1, -0.05) is 0 Å². The first-order valence-electron chi connectivity index (χ1n) is 8.89. The summed E-state index contributed by atoms with van der Waals surface area (Å²) >= 11 is 0. The molecule has 0 bridgehead atoms. The molecule has 0 saturated heterocycles. The fraction of sp³-hybridized carbons (Fsp3) is 0.150. The second kappa shape index (κ2) is 8.43. The van der Waals surface area contributed by atoms with Gasteiger partial charge < -0.3 is 14.7 Å². The van der Waals surface area contributed by atoms with Gasteiger partial charge in [0.2, 0.25) is 0 Å². The first-order chi connectivity index (χ1) is 14.2. The zero-order valence-electron chi connectivity index (χ0n) is 16.1. The van der Waals surface area contributed by atoms with E-state index in [9.17, 15) is 24.0 Å². The summed E-state index contributed by atoms with van der Waals surface area (Å²) in [4.78, 5) is 63.2. The average molecular weight is 410 g/mol. The Kier molecular flexibility index (Phi) is 5.77. The maximum atomic E-state index is 12.3. The highest BCUT2D eigenvalue weighted by molar-refractivity contribution is 5.98. The average Bonchev–Trinajstić information content (AvgIpc) is 2.72. The van der Waals surface area contributed by atoms with E-state index in [1.54, 1.807) is 24.3 Å². The van der Waals surface area contributed by atoms with Crippen LogP contribution in [0.5, 0.6) is 5.75 Å². The van der Waals surface area contributed by atoms with Gasteiger partial charge >= 0.3 is 11.1 Å². The van der Waals surface area contributed by atoms with Crippen molar-refractivity contribution in [3.63, 3.8) is 0 Å². The zero-order chi connectivity index (χ0) is 21.8. The molecule has 1 heterocycles. The van der Waals surface area contributed by atoms with E-state index in [0.717, 1.165) is 0 Å². The number of hydrogen-bond donors (Lipinski definition) is 4. The number of aromatic nitrogens is 2. The third kappa shape index (κ3) is 4.61. The maximum Gasteiger partial charge on any atom is 0.314 e. The van der Waals surface area contributed by atoms with Gasteiger partial charge in [0, 0.05) is 11.1 Å². The molecule has 10 nitrogen and oxygen atoms in total. The van der Waals surface area contributed by atoms with Crippen molar-refractivity contribution < 1.29 is 19.1 Å². The molecule has 0 fully saturated rings. The summed E-state index contributed by atoms with van der Waals surface area (Å²) in [6.45, 7) is 2.94. The lowest BCUT2D eigenvalue weighted by atomic mass is 10.1. The fourth-order valence-electron chi connectivity index (χ4n) is 2.57. The van der Waals surface area contributed by atoms with Crippen LogP contribution in [0.4, 0.5) is 0 Å². The number of benzene rings is 2. The van der Waals surface area contributed by atoms with Crippen molar-refractivity contribution in [2.45, 2.75) is 20.0 Å². The largest absolute Gasteiger partial charge is 0.481 e. The van der Waals surface area contributed by atoms with Gasteiger partial charge in [-0.05, 0) is 56.3 Å². The molecule has 4 N–H and O–H groups in total. The Bertz CT molecular complexity index is 1240. The van der Waals surface area contributed by atoms with Crippen LogP contribution in [-0.4, -0.2) is 33.7 Å². The summed E-state index contributed by atoms with van der Waals surface area (Å²) in [5.41, 5.74) is 4.17. The monoisotopic (exact) mass is 410 g/mol. The zero-order valence-corrected chi connectivity index (χ0v) is 16.1. The molecule has 0 saturated carbocycles. The molecule has 0 aliphatic heterocycles. The lowest BCUT2D eigenvalue weighted by molar-refractivity contribution is -0.128. The quantitative estimate of drug-likeness (QED) is 0.275. The predicted molar refractivity (Wildman–Crippen MR) is 107 cm³/mol. The van der Waals surface area contributed by atoms with Gasteiger partial charge in [0.15, 0.2) is 11.9 Å². The summed E-state index contributed by atoms with van der Waals surface area (Å²) in [5, 5.41) is 0. The van der Waals surface area contributed by atoms with Crippen molar-refractivity contribution in [3.8, 4) is 5.75 Å². The fourth-order valence-corrected chi connectivity index (χ4v) is 2.57. The molecule has 0 radical (unpaired) electrons. The molecule has 30 heavy (non-hydrogen) atoms. The Morgan fingerprint density at radius 2 is 1.47 bits per heavy atom. The van der Waals surface area contributed by atoms with E-state index in [0.29, 0.717) is 16.8 Å². The minimum absolute atomic E-state index is 0.0841. The van der Waals surface area contributed by atoms with Gasteiger partial charge in [0.05, 0.1) is 11.0 Å². The van der Waals surface area contributed by atoms with E-state index >= 15 is 0 Å². The van der Waals surface area contributed by atoms with Crippen LogP contribution in [-0.2, 0) is 4.79 Å². The van der Waals surface area contributed by atoms with Crippen LogP contribution in [0.3, 0.4) is 0 Å². The van der Waals surface area contributed by atoms with Gasteiger partial charge in [0.1, 0.15) is 5.75 Å². The number of amides is 2. The van der Waals surface area contributed by atoms with Crippen molar-refractivity contribution in [2.24, 2.45) is 0 Å². The highest BCUT2D eigenvalue weighted by Gasteiger charge is 2.16. The Balaban J connectivity index is 1.60. The van der Waals surface area contributed by atoms with Crippen molar-refractivity contribution in [1.29, 1.82) is 0 Å². The molecular formula is C20H18N4O6. The van der Waals surface area contributed by atoms with Crippen LogP contribution in [0.1, 0.15) is 34.6 Å². The van der Waals surface area contributed by atoms with Crippen LogP contribution in [0, 0.1) is 0 Å². The van der Waals surface area contributed by atoms with Crippen LogP contribution in [0.25, 0.3) is 11.0 Å². The SMILES string of the molecule is CC(=O)c1ccc(OC(C)C(=O)NNC(=O)c2ccc3[nH]c(=O)c(=O)[nH]c3c2)cc1. The van der Waals surface area contributed by atoms with E-state index in [1.807, 2.05) is 0 Å². The summed E-state index contributed by atoms with van der Waals surface area (Å²) in [6, 6.07) is 10.6. The smallest absolute Gasteiger partial charge is 0.314 e. The van der Waals surface area contributed by atoms with E-state index in [-0.39, 0.29) is 16.9 Å². The van der Waals surface area contributed by atoms with Crippen molar-refractivity contribution in [2.75, 3.05) is 0 Å². The standard InChI is InChI=1S/C20H18N4O6/c1-10(25)12-3-6-14(7-4-12)30-11(2)17(26)23-24-18(27)13-5-8-15-16(9-13)22-20(29)19(28)21-15/h3-9,11H,1-2H3,(H,21,28)(H,22,29)(H,23,26)(H,24,27). The summed E-state index contributed by atoms with van der Waals surface area (Å²) in [5.74, 6) is -0.923. The van der Waals surface area contributed by atoms with Gasteiger partial charge in [-0.2, -0.15) is 0 Å². The normalized spacial score (nSPS) is 11.5. The lowest BCUT2D eigenvalue weighted by Gasteiger charge is -2.15. The molecule has 1 unspecified atom stereocenters. The molecule has 0 spiro atoms. The number of Topliss-reactive ketones (excluding diaryl/α,β-unsaturated/α-hetero) is 1. The summed E-state index contributed by atoms with van der Waals surface area (Å²) < 4.78 is 5.48. The number of nitrogens with one attached hydrogen (secondary N) is 4. The number of H-pyrrole nitrogens is 2. The number of hydrogen-bond acceptors (Lipinski definition) is 6. The number of ketones is 1. The second-order valence-corrected chi connectivity index (χ2v) is 6.45. The topological polar surface area (TPSA) is 150 Å². The Labute approximate surface area is 169 Å². The Morgan fingerprint density at radius 3 is 2.10 bits per heavy atom. The molecular weight excluding hydrogens is 392 g/mol. The number of fused-ring (bicyclic) bond motifs is 1. The van der Waals surface area contributed by atoms with Gasteiger partial charge in [-0.15, -0.1) is 0 Å². The summed E-state index contributed by atoms with van der Waals surface area (Å²) in [6.07, 6.45) is -0.925. The Morgan fingerprint density at radius 1 is 0.867 bits per heavy atom. The number of carbonyl (C=O) groups is 3. The van der Waals surface area contributed by atoms with Gasteiger partial charge in [0.25, 0.3) is 11.8 Å². The number of hydrazine groups is 1. The van der Waals surface area contributed by atoms with Crippen LogP contribution in [0.15, 0.2) is 52.1 Å². The number of rotatable bonds is 5. The van der Waals surface area contributed by atoms with E-state index in [1.165, 1.54) is 32.0 Å². The molecule has 3 aromatic rings. The number of aromatic amines is 2. The van der Waals surface area contributed by atoms with Crippen molar-refractivity contribution in [1.82, 2.24) is 20.8 Å². The molecule has 0 aliphatic rings. The van der Waals surface area contributed by atoms with Crippen molar-refractivity contribution >= 4 is 28.6 Å². The van der Waals surface area contributed by atoms with Crippen LogP contribution >= 0.6 is 0 Å². The molecule has 3 rings (SSSR count). The van der Waals surface area contributed by atoms with Gasteiger partial charge in [-0.25, -0.2) is 0 Å². The van der Waals surface area contributed by atoms with Crippen LogP contribution < -0.4 is 26.7 Å². The van der Waals surface area contributed by atoms with Gasteiger partial charge in [-0.3, -0.25) is 34.8 Å². The summed E-state index contributed by atoms with van der Waals surface area (Å²) in [7, 11) is 0. The number of ether oxygens (including phenoxy) is 1. The molecule has 1 aromatic heterocycles. The minimum atomic E-state index is -0.925. The predicted octanol–water partition coefficient (Wildman–Crippen LogP) is 0.647. The van der Waals surface area contributed by atoms with E-state index in [2.05, 4.69) is 20.8 Å². The first kappa shape index (κ1) is 20.5. The van der Waals surface area contributed by atoms with E-state index in [4.69, 9.17) is 4.74 Å². The minimum Gasteiger partial charge on any atom is -0.481 e. The van der Waals surface area contributed by atoms with Crippen LogP contribution in [0.2, 0.25) is 0 Å². The molecule has 154 valence electrons. The molecule has 0 aliphatic carbocycles. The third-order valence-electron chi connectivity index (χ3n) is 4.23. The molecule has 2 amide bonds. The van der Waals surface area contributed by atoms with E-state index < -0.39 is 29.0 Å². The molecule has 10 heteroatoms. The maximum absolute atomic E-state index is 12.3. The third-order valence-corrected chi connectivity index (χ3v) is 4.23. The lowest BCUT2D eigenvalue weighted by Crippen LogP contribution is -2.47. The van der Waals surface area contributed by atoms with Crippen molar-refractivity contribution in [3.05, 3.63) is 74.3 Å². The first-order valence-corrected chi connectivity index (χ1v) is 8.89. The molecule has 1 atom stereocenters. The highest BCUT2D eigenvalue weighted by atomic mass is 16.5. The number of carbonyl (C=O) groups excluding carboxylic acids is 3. The molecule has 2 aromatic carbocycles. The highest BCUT2D eigenvalue weighted by Crippen LogP contribution is 2.14.